The van der Waals surface area contributed by atoms with Gasteiger partial charge in [0, 0.05) is 20.3 Å². The van der Waals surface area contributed by atoms with Crippen LogP contribution in [0.3, 0.4) is 0 Å². The number of fused-ring (bicyclic) bond motifs is 1. The molecule has 0 fully saturated rings. The molecule has 1 aromatic carbocycles. The summed E-state index contributed by atoms with van der Waals surface area (Å²) in [6.07, 6.45) is 2.86. The molecule has 0 atom stereocenters. The van der Waals surface area contributed by atoms with Gasteiger partial charge in [0.2, 0.25) is 0 Å². The first kappa shape index (κ1) is 21.0. The average molecular weight is 410 g/mol. The van der Waals surface area contributed by atoms with Crippen LogP contribution in [-0.2, 0) is 25.3 Å². The third-order valence-electron chi connectivity index (χ3n) is 4.88. The lowest BCUT2D eigenvalue weighted by molar-refractivity contribution is 0.0597. The van der Waals surface area contributed by atoms with Gasteiger partial charge in [-0.25, -0.2) is 14.6 Å². The molecule has 0 saturated heterocycles. The number of pyridine rings is 1. The number of carbonyl (C=O) groups excluding carboxylic acids is 2. The molecule has 9 heteroatoms. The van der Waals surface area contributed by atoms with E-state index in [-0.39, 0.29) is 27.8 Å². The van der Waals surface area contributed by atoms with Gasteiger partial charge in [0.15, 0.2) is 5.65 Å². The zero-order valence-electron chi connectivity index (χ0n) is 17.2. The van der Waals surface area contributed by atoms with Gasteiger partial charge in [0.1, 0.15) is 5.39 Å². The molecule has 0 spiro atoms. The van der Waals surface area contributed by atoms with Crippen molar-refractivity contribution in [3.05, 3.63) is 68.0 Å². The number of esters is 1. The summed E-state index contributed by atoms with van der Waals surface area (Å²) in [5.74, 6) is -1.22. The third-order valence-corrected chi connectivity index (χ3v) is 4.88. The molecule has 2 aromatic heterocycles. The normalized spacial score (nSPS) is 10.8. The Morgan fingerprint density at radius 2 is 1.77 bits per heavy atom. The maximum atomic E-state index is 13.1. The summed E-state index contributed by atoms with van der Waals surface area (Å²) in [4.78, 5) is 54.6. The number of hydrogen-bond acceptors (Lipinski definition) is 6. The Morgan fingerprint density at radius 1 is 1.10 bits per heavy atom. The van der Waals surface area contributed by atoms with E-state index in [9.17, 15) is 19.2 Å². The van der Waals surface area contributed by atoms with Crippen LogP contribution >= 0.6 is 0 Å². The van der Waals surface area contributed by atoms with Crippen LogP contribution in [0.5, 0.6) is 0 Å². The predicted molar refractivity (Wildman–Crippen MR) is 112 cm³/mol. The van der Waals surface area contributed by atoms with E-state index in [1.807, 2.05) is 6.92 Å². The SMILES string of the molecule is CCCc1cnc2c(c1NC(=O)c1ccccc1C(=O)OC)c(=O)n(C)c(=O)n2C. The predicted octanol–water partition coefficient (Wildman–Crippen LogP) is 1.62. The van der Waals surface area contributed by atoms with Crippen molar-refractivity contribution in [3.8, 4) is 0 Å². The Labute approximate surface area is 171 Å². The van der Waals surface area contributed by atoms with E-state index in [1.54, 1.807) is 18.3 Å². The Bertz CT molecular complexity index is 1270. The fraction of sp³-hybridized carbons (Fsp3) is 0.286. The summed E-state index contributed by atoms with van der Waals surface area (Å²) in [7, 11) is 4.11. The molecule has 1 amide bonds. The van der Waals surface area contributed by atoms with Crippen molar-refractivity contribution in [2.75, 3.05) is 12.4 Å². The summed E-state index contributed by atoms with van der Waals surface area (Å²) in [6.45, 7) is 1.96. The number of ether oxygens (including phenoxy) is 1. The molecular weight excluding hydrogens is 388 g/mol. The highest BCUT2D eigenvalue weighted by Gasteiger charge is 2.22. The van der Waals surface area contributed by atoms with Crippen molar-refractivity contribution in [3.63, 3.8) is 0 Å². The number of nitrogens with one attached hydrogen (secondary N) is 1. The molecule has 0 aliphatic rings. The maximum Gasteiger partial charge on any atom is 0.338 e. The zero-order chi connectivity index (χ0) is 22.0. The van der Waals surface area contributed by atoms with E-state index >= 15 is 0 Å². The number of aromatic nitrogens is 3. The van der Waals surface area contributed by atoms with Crippen LogP contribution < -0.4 is 16.6 Å². The van der Waals surface area contributed by atoms with Crippen molar-refractivity contribution < 1.29 is 14.3 Å². The summed E-state index contributed by atoms with van der Waals surface area (Å²) in [6, 6.07) is 6.24. The second-order valence-corrected chi connectivity index (χ2v) is 6.80. The monoisotopic (exact) mass is 410 g/mol. The lowest BCUT2D eigenvalue weighted by Crippen LogP contribution is -2.38. The molecule has 3 rings (SSSR count). The van der Waals surface area contributed by atoms with Gasteiger partial charge in [0.05, 0.1) is 23.9 Å². The van der Waals surface area contributed by atoms with Crippen molar-refractivity contribution >= 4 is 28.6 Å². The molecule has 0 aliphatic heterocycles. The smallest absolute Gasteiger partial charge is 0.338 e. The van der Waals surface area contributed by atoms with Gasteiger partial charge in [-0.1, -0.05) is 25.5 Å². The van der Waals surface area contributed by atoms with Crippen LogP contribution in [0.4, 0.5) is 5.69 Å². The van der Waals surface area contributed by atoms with Gasteiger partial charge in [0.25, 0.3) is 11.5 Å². The standard InChI is InChI=1S/C21H22N4O5/c1-5-8-12-11-22-17-15(19(27)25(3)21(29)24(17)2)16(12)23-18(26)13-9-6-7-10-14(13)20(28)30-4/h6-7,9-11H,5,8H2,1-4H3,(H,22,23,26). The van der Waals surface area contributed by atoms with Gasteiger partial charge in [-0.15, -0.1) is 0 Å². The number of anilines is 1. The maximum absolute atomic E-state index is 13.1. The van der Waals surface area contributed by atoms with E-state index in [0.29, 0.717) is 12.0 Å². The second-order valence-electron chi connectivity index (χ2n) is 6.80. The highest BCUT2D eigenvalue weighted by Crippen LogP contribution is 2.25. The topological polar surface area (TPSA) is 112 Å². The van der Waals surface area contributed by atoms with Crippen LogP contribution in [-0.4, -0.2) is 33.1 Å². The molecule has 9 nitrogen and oxygen atoms in total. The summed E-state index contributed by atoms with van der Waals surface area (Å²) in [5, 5.41) is 2.91. The number of rotatable bonds is 5. The minimum Gasteiger partial charge on any atom is -0.465 e. The Kier molecular flexibility index (Phi) is 5.81. The third kappa shape index (κ3) is 3.49. The van der Waals surface area contributed by atoms with Crippen LogP contribution in [0.2, 0.25) is 0 Å². The number of benzene rings is 1. The molecule has 0 radical (unpaired) electrons. The highest BCUT2D eigenvalue weighted by molar-refractivity contribution is 6.13. The first-order chi connectivity index (χ1) is 14.3. The molecule has 1 N–H and O–H groups in total. The van der Waals surface area contributed by atoms with Crippen LogP contribution in [0.25, 0.3) is 11.0 Å². The van der Waals surface area contributed by atoms with Crippen molar-refractivity contribution in [2.45, 2.75) is 19.8 Å². The Hall–Kier alpha value is -3.75. The molecule has 0 bridgehead atoms. The van der Waals surface area contributed by atoms with Gasteiger partial charge >= 0.3 is 11.7 Å². The van der Waals surface area contributed by atoms with Gasteiger partial charge in [-0.2, -0.15) is 0 Å². The molecule has 2 heterocycles. The van der Waals surface area contributed by atoms with Gasteiger partial charge < -0.3 is 10.1 Å². The lowest BCUT2D eigenvalue weighted by atomic mass is 10.0. The fourth-order valence-corrected chi connectivity index (χ4v) is 3.32. The Balaban J connectivity index is 2.24. The van der Waals surface area contributed by atoms with Crippen LogP contribution in [0, 0.1) is 0 Å². The first-order valence-electron chi connectivity index (χ1n) is 9.38. The molecule has 0 aliphatic carbocycles. The van der Waals surface area contributed by atoms with Crippen molar-refractivity contribution in [1.29, 1.82) is 0 Å². The summed E-state index contributed by atoms with van der Waals surface area (Å²) in [5.41, 5.74) is 0.241. The number of aryl methyl sites for hydroxylation is 2. The van der Waals surface area contributed by atoms with E-state index in [2.05, 4.69) is 10.3 Å². The van der Waals surface area contributed by atoms with Crippen LogP contribution in [0.15, 0.2) is 40.1 Å². The minimum atomic E-state index is -0.646. The minimum absolute atomic E-state index is 0.105. The van der Waals surface area contributed by atoms with Crippen molar-refractivity contribution in [1.82, 2.24) is 14.1 Å². The van der Waals surface area contributed by atoms with E-state index in [4.69, 9.17) is 4.74 Å². The van der Waals surface area contributed by atoms with E-state index < -0.39 is 23.1 Å². The zero-order valence-corrected chi connectivity index (χ0v) is 17.2. The van der Waals surface area contributed by atoms with Gasteiger partial charge in [-0.05, 0) is 24.1 Å². The quantitative estimate of drug-likeness (QED) is 0.640. The molecule has 30 heavy (non-hydrogen) atoms. The molecular formula is C21H22N4O5. The molecule has 3 aromatic rings. The number of carbonyl (C=O) groups is 2. The summed E-state index contributed by atoms with van der Waals surface area (Å²) < 4.78 is 6.98. The second kappa shape index (κ2) is 8.32. The molecule has 0 saturated carbocycles. The molecule has 156 valence electrons. The van der Waals surface area contributed by atoms with Gasteiger partial charge in [-0.3, -0.25) is 18.7 Å². The number of amides is 1. The Morgan fingerprint density at radius 3 is 2.40 bits per heavy atom. The van der Waals surface area contributed by atoms with Crippen molar-refractivity contribution in [2.24, 2.45) is 14.1 Å². The summed E-state index contributed by atoms with van der Waals surface area (Å²) >= 11 is 0. The largest absolute Gasteiger partial charge is 0.465 e. The lowest BCUT2D eigenvalue weighted by Gasteiger charge is -2.16. The number of methoxy groups -OCH3 is 1. The fourth-order valence-electron chi connectivity index (χ4n) is 3.32. The molecule has 0 unspecified atom stereocenters. The number of hydrogen-bond donors (Lipinski definition) is 1. The van der Waals surface area contributed by atoms with Crippen LogP contribution in [0.1, 0.15) is 39.6 Å². The highest BCUT2D eigenvalue weighted by atomic mass is 16.5. The van der Waals surface area contributed by atoms with E-state index in [0.717, 1.165) is 11.0 Å². The van der Waals surface area contributed by atoms with E-state index in [1.165, 1.54) is 37.9 Å². The number of nitrogens with zero attached hydrogens (tertiary/aromatic N) is 3. The average Bonchev–Trinajstić information content (AvgIpc) is 2.76. The first-order valence-corrected chi connectivity index (χ1v) is 9.38.